The maximum Gasteiger partial charge on any atom is 0.220 e. The van der Waals surface area contributed by atoms with Crippen molar-refractivity contribution < 1.29 is 4.79 Å². The first kappa shape index (κ1) is 12.5. The number of rotatable bonds is 6. The molecule has 0 aromatic carbocycles. The van der Waals surface area contributed by atoms with Crippen molar-refractivity contribution in [3.05, 3.63) is 0 Å². The number of amides is 1. The van der Waals surface area contributed by atoms with E-state index in [4.69, 9.17) is 0 Å². The van der Waals surface area contributed by atoms with Crippen molar-refractivity contribution in [3.63, 3.8) is 0 Å². The minimum absolute atomic E-state index is 0.143. The monoisotopic (exact) mass is 212 g/mol. The van der Waals surface area contributed by atoms with E-state index in [0.29, 0.717) is 5.92 Å². The Bertz CT molecular complexity index is 210. The molecule has 0 unspecified atom stereocenters. The average molecular weight is 212 g/mol. The van der Waals surface area contributed by atoms with Crippen LogP contribution in [0.4, 0.5) is 0 Å². The van der Waals surface area contributed by atoms with E-state index in [1.807, 2.05) is 7.05 Å². The lowest BCUT2D eigenvalue weighted by molar-refractivity contribution is -0.123. The molecule has 1 aliphatic carbocycles. The highest BCUT2D eigenvalue weighted by molar-refractivity contribution is 5.76. The number of carbonyl (C=O) groups excluding carboxylic acids is 1. The third kappa shape index (κ3) is 4.65. The summed E-state index contributed by atoms with van der Waals surface area (Å²) in [7, 11) is 1.94. The topological polar surface area (TPSA) is 41.1 Å². The fourth-order valence-electron chi connectivity index (χ4n) is 1.91. The molecule has 3 heteroatoms. The van der Waals surface area contributed by atoms with Crippen LogP contribution in [0.1, 0.15) is 39.5 Å². The number of hydrogen-bond acceptors (Lipinski definition) is 2. The van der Waals surface area contributed by atoms with E-state index >= 15 is 0 Å². The second kappa shape index (κ2) is 5.50. The van der Waals surface area contributed by atoms with Gasteiger partial charge in [-0.05, 0) is 31.2 Å². The Labute approximate surface area is 93.0 Å². The molecular formula is C12H24N2O. The third-order valence-electron chi connectivity index (χ3n) is 3.12. The summed E-state index contributed by atoms with van der Waals surface area (Å²) < 4.78 is 0. The van der Waals surface area contributed by atoms with E-state index in [1.54, 1.807) is 0 Å². The summed E-state index contributed by atoms with van der Waals surface area (Å²) in [6.45, 7) is 6.01. The second-order valence-electron chi connectivity index (χ2n) is 5.47. The number of carbonyl (C=O) groups is 1. The van der Waals surface area contributed by atoms with Crippen LogP contribution in [-0.2, 0) is 4.79 Å². The van der Waals surface area contributed by atoms with Gasteiger partial charge in [0.2, 0.25) is 5.91 Å². The zero-order chi connectivity index (χ0) is 11.3. The lowest BCUT2D eigenvalue weighted by atomic mass is 9.82. The Morgan fingerprint density at radius 1 is 1.33 bits per heavy atom. The molecule has 0 aromatic rings. The van der Waals surface area contributed by atoms with Gasteiger partial charge in [-0.15, -0.1) is 0 Å². The van der Waals surface area contributed by atoms with E-state index in [9.17, 15) is 4.79 Å². The first-order valence-corrected chi connectivity index (χ1v) is 5.95. The number of hydrogen-bond donors (Lipinski definition) is 2. The van der Waals surface area contributed by atoms with Gasteiger partial charge in [0.25, 0.3) is 0 Å². The van der Waals surface area contributed by atoms with Gasteiger partial charge in [0, 0.05) is 19.5 Å². The van der Waals surface area contributed by atoms with Crippen LogP contribution >= 0.6 is 0 Å². The molecule has 3 nitrogen and oxygen atoms in total. The molecule has 0 bridgehead atoms. The molecule has 0 heterocycles. The van der Waals surface area contributed by atoms with Gasteiger partial charge in [-0.3, -0.25) is 4.79 Å². The van der Waals surface area contributed by atoms with Crippen molar-refractivity contribution in [2.45, 2.75) is 39.5 Å². The van der Waals surface area contributed by atoms with Crippen LogP contribution in [0.2, 0.25) is 0 Å². The summed E-state index contributed by atoms with van der Waals surface area (Å²) in [5, 5.41) is 6.17. The minimum atomic E-state index is 0.143. The van der Waals surface area contributed by atoms with Crippen LogP contribution in [0.25, 0.3) is 0 Å². The van der Waals surface area contributed by atoms with Gasteiger partial charge in [-0.2, -0.15) is 0 Å². The van der Waals surface area contributed by atoms with E-state index in [-0.39, 0.29) is 11.3 Å². The molecule has 0 spiro atoms. The smallest absolute Gasteiger partial charge is 0.220 e. The zero-order valence-electron chi connectivity index (χ0n) is 10.2. The fraction of sp³-hybridized carbons (Fsp3) is 0.917. The molecule has 0 aliphatic heterocycles. The second-order valence-corrected chi connectivity index (χ2v) is 5.47. The number of nitrogens with one attached hydrogen (secondary N) is 2. The molecule has 0 aromatic heterocycles. The molecule has 88 valence electrons. The third-order valence-corrected chi connectivity index (χ3v) is 3.12. The highest BCUT2D eigenvalue weighted by Crippen LogP contribution is 2.29. The quantitative estimate of drug-likeness (QED) is 0.701. The van der Waals surface area contributed by atoms with Gasteiger partial charge >= 0.3 is 0 Å². The first-order valence-electron chi connectivity index (χ1n) is 5.95. The Balaban J connectivity index is 2.14. The summed E-state index contributed by atoms with van der Waals surface area (Å²) in [4.78, 5) is 11.6. The van der Waals surface area contributed by atoms with Crippen LogP contribution < -0.4 is 10.6 Å². The lowest BCUT2D eigenvalue weighted by Crippen LogP contribution is -2.40. The Kier molecular flexibility index (Phi) is 4.58. The SMILES string of the molecule is CNCC(C)(C)CNC(=O)CC1CCC1. The predicted molar refractivity (Wildman–Crippen MR) is 62.7 cm³/mol. The van der Waals surface area contributed by atoms with Crippen LogP contribution in [0.5, 0.6) is 0 Å². The molecule has 15 heavy (non-hydrogen) atoms. The van der Waals surface area contributed by atoms with Crippen molar-refractivity contribution in [1.82, 2.24) is 10.6 Å². The minimum Gasteiger partial charge on any atom is -0.356 e. The van der Waals surface area contributed by atoms with Gasteiger partial charge in [0.05, 0.1) is 0 Å². The normalized spacial score (nSPS) is 17.3. The van der Waals surface area contributed by atoms with Crippen LogP contribution in [0.15, 0.2) is 0 Å². The molecular weight excluding hydrogens is 188 g/mol. The van der Waals surface area contributed by atoms with Crippen molar-refractivity contribution >= 4 is 5.91 Å². The zero-order valence-corrected chi connectivity index (χ0v) is 10.2. The summed E-state index contributed by atoms with van der Waals surface area (Å²) in [5.74, 6) is 0.890. The fourth-order valence-corrected chi connectivity index (χ4v) is 1.91. The molecule has 1 saturated carbocycles. The van der Waals surface area contributed by atoms with Gasteiger partial charge in [-0.1, -0.05) is 20.3 Å². The molecule has 1 amide bonds. The Morgan fingerprint density at radius 3 is 2.47 bits per heavy atom. The van der Waals surface area contributed by atoms with Crippen molar-refractivity contribution in [2.24, 2.45) is 11.3 Å². The lowest BCUT2D eigenvalue weighted by Gasteiger charge is -2.27. The molecule has 2 N–H and O–H groups in total. The molecule has 0 atom stereocenters. The Morgan fingerprint density at radius 2 is 2.00 bits per heavy atom. The standard InChI is InChI=1S/C12H24N2O/c1-12(2,8-13-3)9-14-11(15)7-10-5-4-6-10/h10,13H,4-9H2,1-3H3,(H,14,15). The average Bonchev–Trinajstić information content (AvgIpc) is 2.08. The maximum absolute atomic E-state index is 11.6. The first-order chi connectivity index (χ1) is 7.03. The van der Waals surface area contributed by atoms with Gasteiger partial charge in [0.15, 0.2) is 0 Å². The van der Waals surface area contributed by atoms with Crippen molar-refractivity contribution in [1.29, 1.82) is 0 Å². The van der Waals surface area contributed by atoms with Crippen molar-refractivity contribution in [2.75, 3.05) is 20.1 Å². The highest BCUT2D eigenvalue weighted by Gasteiger charge is 2.22. The molecule has 1 rings (SSSR count). The summed E-state index contributed by atoms with van der Waals surface area (Å²) in [5.41, 5.74) is 0.143. The van der Waals surface area contributed by atoms with E-state index in [2.05, 4.69) is 24.5 Å². The van der Waals surface area contributed by atoms with Crippen LogP contribution in [-0.4, -0.2) is 26.0 Å². The van der Waals surface area contributed by atoms with E-state index in [1.165, 1.54) is 19.3 Å². The highest BCUT2D eigenvalue weighted by atomic mass is 16.1. The van der Waals surface area contributed by atoms with Crippen LogP contribution in [0.3, 0.4) is 0 Å². The summed E-state index contributed by atoms with van der Waals surface area (Å²) in [6.07, 6.45) is 4.53. The largest absolute Gasteiger partial charge is 0.356 e. The van der Waals surface area contributed by atoms with E-state index < -0.39 is 0 Å². The molecule has 1 aliphatic rings. The summed E-state index contributed by atoms with van der Waals surface area (Å²) in [6, 6.07) is 0. The maximum atomic E-state index is 11.6. The van der Waals surface area contributed by atoms with Gasteiger partial charge < -0.3 is 10.6 Å². The van der Waals surface area contributed by atoms with Crippen LogP contribution in [0, 0.1) is 11.3 Å². The molecule has 0 saturated heterocycles. The van der Waals surface area contributed by atoms with E-state index in [0.717, 1.165) is 19.5 Å². The van der Waals surface area contributed by atoms with Gasteiger partial charge in [0.1, 0.15) is 0 Å². The molecule has 0 radical (unpaired) electrons. The summed E-state index contributed by atoms with van der Waals surface area (Å²) >= 11 is 0. The van der Waals surface area contributed by atoms with Gasteiger partial charge in [-0.25, -0.2) is 0 Å². The van der Waals surface area contributed by atoms with Crippen molar-refractivity contribution in [3.8, 4) is 0 Å². The molecule has 1 fully saturated rings. The predicted octanol–water partition coefficient (Wildman–Crippen LogP) is 1.54. The Hall–Kier alpha value is -0.570.